The fourth-order valence-corrected chi connectivity index (χ4v) is 4.08. The number of nitrogens with zero attached hydrogens (tertiary/aromatic N) is 1. The zero-order valence-electron chi connectivity index (χ0n) is 17.0. The first-order valence-electron chi connectivity index (χ1n) is 9.93. The van der Waals surface area contributed by atoms with Crippen LogP contribution >= 0.6 is 0 Å². The molecule has 3 N–H and O–H groups in total. The third kappa shape index (κ3) is 3.76. The molecule has 27 heavy (non-hydrogen) atoms. The van der Waals surface area contributed by atoms with Gasteiger partial charge in [-0.2, -0.15) is 0 Å². The van der Waals surface area contributed by atoms with Crippen molar-refractivity contribution in [3.8, 4) is 0 Å². The van der Waals surface area contributed by atoms with Crippen LogP contribution in [0.15, 0.2) is 24.3 Å². The lowest BCUT2D eigenvalue weighted by atomic mass is 9.54. The molecular formula is C21H33N3O3. The molecule has 2 aliphatic rings. The van der Waals surface area contributed by atoms with Crippen molar-refractivity contribution in [2.24, 2.45) is 11.1 Å². The lowest BCUT2D eigenvalue weighted by Crippen LogP contribution is -2.74. The molecule has 0 aromatic heterocycles. The van der Waals surface area contributed by atoms with Crippen LogP contribution in [-0.4, -0.2) is 55.4 Å². The molecule has 1 aromatic carbocycles. The molecule has 0 radical (unpaired) electrons. The molecule has 6 heteroatoms. The van der Waals surface area contributed by atoms with Gasteiger partial charge in [-0.05, 0) is 31.5 Å². The van der Waals surface area contributed by atoms with Gasteiger partial charge in [0.25, 0.3) is 0 Å². The van der Waals surface area contributed by atoms with Crippen LogP contribution in [-0.2, 0) is 14.3 Å². The van der Waals surface area contributed by atoms with Gasteiger partial charge in [-0.25, -0.2) is 0 Å². The van der Waals surface area contributed by atoms with Crippen molar-refractivity contribution in [1.82, 2.24) is 4.90 Å². The number of benzene rings is 1. The van der Waals surface area contributed by atoms with Crippen LogP contribution in [0, 0.1) is 5.41 Å². The van der Waals surface area contributed by atoms with E-state index in [9.17, 15) is 4.79 Å². The van der Waals surface area contributed by atoms with Crippen LogP contribution in [0.4, 0.5) is 5.69 Å². The molecule has 6 nitrogen and oxygen atoms in total. The average Bonchev–Trinajstić information content (AvgIpc) is 2.68. The standard InChI is InChI=1S/C21H33N3O3/c1-5-27-18-14-21(22,20(18,3)4)19(25)23-17-8-6-16(7-9-17)15(2)24-10-12-26-13-11-24/h6-9,15,18H,5,10-14,22H2,1-4H3,(H,23,25). The summed E-state index contributed by atoms with van der Waals surface area (Å²) in [7, 11) is 0. The zero-order valence-corrected chi connectivity index (χ0v) is 17.0. The molecule has 1 heterocycles. The first kappa shape index (κ1) is 20.3. The minimum Gasteiger partial charge on any atom is -0.379 e. The van der Waals surface area contributed by atoms with Crippen molar-refractivity contribution in [2.45, 2.75) is 51.8 Å². The van der Waals surface area contributed by atoms with E-state index in [1.54, 1.807) is 0 Å². The maximum Gasteiger partial charge on any atom is 0.245 e. The van der Waals surface area contributed by atoms with E-state index >= 15 is 0 Å². The second kappa shape index (κ2) is 7.87. The van der Waals surface area contributed by atoms with E-state index in [4.69, 9.17) is 15.2 Å². The number of nitrogens with two attached hydrogens (primary N) is 1. The number of morpholine rings is 1. The van der Waals surface area contributed by atoms with E-state index in [-0.39, 0.29) is 12.0 Å². The van der Waals surface area contributed by atoms with E-state index in [2.05, 4.69) is 29.3 Å². The van der Waals surface area contributed by atoms with Gasteiger partial charge in [-0.15, -0.1) is 0 Å². The van der Waals surface area contributed by atoms with Gasteiger partial charge in [0.1, 0.15) is 5.54 Å². The number of nitrogens with one attached hydrogen (secondary N) is 1. The number of amides is 1. The highest BCUT2D eigenvalue weighted by Gasteiger charge is 2.62. The Hall–Kier alpha value is -1.47. The van der Waals surface area contributed by atoms with Gasteiger partial charge in [0, 0.05) is 43.3 Å². The van der Waals surface area contributed by atoms with E-state index in [0.717, 1.165) is 32.0 Å². The molecule has 0 spiro atoms. The summed E-state index contributed by atoms with van der Waals surface area (Å²) in [4.78, 5) is 15.2. The van der Waals surface area contributed by atoms with Crippen molar-refractivity contribution in [1.29, 1.82) is 0 Å². The molecule has 1 aliphatic carbocycles. The van der Waals surface area contributed by atoms with Crippen molar-refractivity contribution < 1.29 is 14.3 Å². The van der Waals surface area contributed by atoms with Gasteiger partial charge in [0.15, 0.2) is 0 Å². The summed E-state index contributed by atoms with van der Waals surface area (Å²) in [5.74, 6) is -0.141. The molecule has 2 fully saturated rings. The predicted octanol–water partition coefficient (Wildman–Crippen LogP) is 2.55. The van der Waals surface area contributed by atoms with Crippen molar-refractivity contribution >= 4 is 11.6 Å². The van der Waals surface area contributed by atoms with E-state index in [1.807, 2.05) is 32.9 Å². The Bertz CT molecular complexity index is 655. The monoisotopic (exact) mass is 375 g/mol. The highest BCUT2D eigenvalue weighted by atomic mass is 16.5. The molecule has 1 saturated heterocycles. The maximum atomic E-state index is 12.8. The van der Waals surface area contributed by atoms with Crippen molar-refractivity contribution in [3.05, 3.63) is 29.8 Å². The number of anilines is 1. The molecule has 3 rings (SSSR count). The third-order valence-corrected chi connectivity index (χ3v) is 6.48. The number of carbonyl (C=O) groups is 1. The van der Waals surface area contributed by atoms with Crippen LogP contribution in [0.2, 0.25) is 0 Å². The smallest absolute Gasteiger partial charge is 0.245 e. The van der Waals surface area contributed by atoms with Crippen molar-refractivity contribution in [2.75, 3.05) is 38.2 Å². The Balaban J connectivity index is 1.62. The SMILES string of the molecule is CCOC1CC(N)(C(=O)Nc2ccc(C(C)N3CCOCC3)cc2)C1(C)C. The summed E-state index contributed by atoms with van der Waals surface area (Å²) in [6.07, 6.45) is 0.571. The highest BCUT2D eigenvalue weighted by Crippen LogP contribution is 2.50. The van der Waals surface area contributed by atoms with Gasteiger partial charge in [-0.1, -0.05) is 26.0 Å². The normalized spacial score (nSPS) is 29.0. The van der Waals surface area contributed by atoms with Gasteiger partial charge in [0.2, 0.25) is 5.91 Å². The largest absolute Gasteiger partial charge is 0.379 e. The van der Waals surface area contributed by atoms with Gasteiger partial charge >= 0.3 is 0 Å². The second-order valence-electron chi connectivity index (χ2n) is 8.24. The summed E-state index contributed by atoms with van der Waals surface area (Å²) in [6.45, 7) is 12.3. The summed E-state index contributed by atoms with van der Waals surface area (Å²) >= 11 is 0. The number of hydrogen-bond acceptors (Lipinski definition) is 5. The van der Waals surface area contributed by atoms with Crippen LogP contribution in [0.3, 0.4) is 0 Å². The van der Waals surface area contributed by atoms with Crippen LogP contribution in [0.5, 0.6) is 0 Å². The molecule has 3 atom stereocenters. The summed E-state index contributed by atoms with van der Waals surface area (Å²) in [5.41, 5.74) is 7.17. The van der Waals surface area contributed by atoms with Gasteiger partial charge in [-0.3, -0.25) is 9.69 Å². The highest BCUT2D eigenvalue weighted by molar-refractivity contribution is 5.99. The second-order valence-corrected chi connectivity index (χ2v) is 8.24. The number of hydrogen-bond donors (Lipinski definition) is 2. The molecule has 1 amide bonds. The number of rotatable bonds is 6. The summed E-state index contributed by atoms with van der Waals surface area (Å²) in [5, 5.41) is 3.00. The van der Waals surface area contributed by atoms with Crippen molar-refractivity contribution in [3.63, 3.8) is 0 Å². The number of ether oxygens (including phenoxy) is 2. The van der Waals surface area contributed by atoms with Gasteiger partial charge in [0.05, 0.1) is 19.3 Å². The summed E-state index contributed by atoms with van der Waals surface area (Å²) in [6, 6.07) is 8.40. The quantitative estimate of drug-likeness (QED) is 0.799. The molecule has 1 aromatic rings. The lowest BCUT2D eigenvalue weighted by molar-refractivity contribution is -0.166. The zero-order chi connectivity index (χ0) is 19.7. The van der Waals surface area contributed by atoms with Crippen LogP contribution in [0.25, 0.3) is 0 Å². The Labute approximate surface area is 162 Å². The van der Waals surface area contributed by atoms with Gasteiger partial charge < -0.3 is 20.5 Å². The predicted molar refractivity (Wildman–Crippen MR) is 107 cm³/mol. The van der Waals surface area contributed by atoms with Crippen LogP contribution < -0.4 is 11.1 Å². The van der Waals surface area contributed by atoms with E-state index in [1.165, 1.54) is 5.56 Å². The first-order chi connectivity index (χ1) is 12.8. The molecule has 0 bridgehead atoms. The molecule has 150 valence electrons. The molecule has 1 aliphatic heterocycles. The lowest BCUT2D eigenvalue weighted by Gasteiger charge is -2.57. The van der Waals surface area contributed by atoms with E-state index < -0.39 is 11.0 Å². The Morgan fingerprint density at radius 2 is 1.96 bits per heavy atom. The Kier molecular flexibility index (Phi) is 5.91. The fraction of sp³-hybridized carbons (Fsp3) is 0.667. The Morgan fingerprint density at radius 1 is 1.33 bits per heavy atom. The molecule has 3 unspecified atom stereocenters. The Morgan fingerprint density at radius 3 is 2.52 bits per heavy atom. The average molecular weight is 376 g/mol. The minimum absolute atomic E-state index is 0.0231. The van der Waals surface area contributed by atoms with Crippen LogP contribution in [0.1, 0.15) is 45.7 Å². The first-order valence-corrected chi connectivity index (χ1v) is 9.93. The van der Waals surface area contributed by atoms with E-state index in [0.29, 0.717) is 19.1 Å². The maximum absolute atomic E-state index is 12.8. The summed E-state index contributed by atoms with van der Waals surface area (Å²) < 4.78 is 11.1. The minimum atomic E-state index is -0.910. The fourth-order valence-electron chi connectivity index (χ4n) is 4.08. The third-order valence-electron chi connectivity index (χ3n) is 6.48. The molecular weight excluding hydrogens is 342 g/mol. The number of carbonyl (C=O) groups excluding carboxylic acids is 1. The topological polar surface area (TPSA) is 76.8 Å². The molecule has 1 saturated carbocycles.